The van der Waals surface area contributed by atoms with Crippen LogP contribution in [-0.4, -0.2) is 28.8 Å². The number of rotatable bonds is 7. The van der Waals surface area contributed by atoms with E-state index in [1.165, 1.54) is 23.9 Å². The van der Waals surface area contributed by atoms with Gasteiger partial charge in [-0.05, 0) is 30.2 Å². The van der Waals surface area contributed by atoms with Crippen LogP contribution in [0.5, 0.6) is 0 Å². The van der Waals surface area contributed by atoms with Gasteiger partial charge in [0.05, 0.1) is 0 Å². The molecule has 2 N–H and O–H groups in total. The van der Waals surface area contributed by atoms with Gasteiger partial charge in [0, 0.05) is 17.1 Å². The number of carboxylic acid groups (broad SMARTS) is 1. The molecule has 0 aliphatic rings. The van der Waals surface area contributed by atoms with Gasteiger partial charge in [0.1, 0.15) is 11.9 Å². The van der Waals surface area contributed by atoms with Crippen molar-refractivity contribution in [2.45, 2.75) is 31.2 Å². The van der Waals surface area contributed by atoms with Crippen molar-refractivity contribution in [2.75, 3.05) is 5.75 Å². The van der Waals surface area contributed by atoms with Crippen molar-refractivity contribution in [3.63, 3.8) is 0 Å². The molecule has 20 heavy (non-hydrogen) atoms. The molecular weight excluding hydrogens is 281 g/mol. The summed E-state index contributed by atoms with van der Waals surface area (Å²) in [6.07, 6.45) is 0.221. The van der Waals surface area contributed by atoms with Crippen molar-refractivity contribution in [3.05, 3.63) is 30.1 Å². The summed E-state index contributed by atoms with van der Waals surface area (Å²) in [6.45, 7) is 3.48. The third-order valence-electron chi connectivity index (χ3n) is 2.66. The molecule has 0 unspecified atom stereocenters. The minimum absolute atomic E-state index is 0.166. The predicted molar refractivity (Wildman–Crippen MR) is 76.1 cm³/mol. The van der Waals surface area contributed by atoms with Crippen LogP contribution in [0.2, 0.25) is 0 Å². The van der Waals surface area contributed by atoms with Gasteiger partial charge in [0.15, 0.2) is 0 Å². The van der Waals surface area contributed by atoms with Crippen molar-refractivity contribution in [1.29, 1.82) is 0 Å². The molecule has 1 atom stereocenters. The van der Waals surface area contributed by atoms with E-state index in [2.05, 4.69) is 5.32 Å². The van der Waals surface area contributed by atoms with E-state index in [-0.39, 0.29) is 24.1 Å². The molecule has 0 aliphatic carbocycles. The molecule has 0 radical (unpaired) electrons. The number of aliphatic carboxylic acids is 1. The Morgan fingerprint density at radius 3 is 2.40 bits per heavy atom. The number of nitrogens with one attached hydrogen (secondary N) is 1. The second-order valence-corrected chi connectivity index (χ2v) is 5.85. The zero-order chi connectivity index (χ0) is 15.1. The van der Waals surface area contributed by atoms with Crippen LogP contribution in [0.15, 0.2) is 29.2 Å². The number of carbonyl (C=O) groups is 2. The predicted octanol–water partition coefficient (Wildman–Crippen LogP) is 2.53. The summed E-state index contributed by atoms with van der Waals surface area (Å²) >= 11 is 1.43. The zero-order valence-corrected chi connectivity index (χ0v) is 12.2. The third-order valence-corrected chi connectivity index (χ3v) is 3.67. The van der Waals surface area contributed by atoms with E-state index in [9.17, 15) is 14.0 Å². The number of hydrogen-bond donors (Lipinski definition) is 2. The van der Waals surface area contributed by atoms with Gasteiger partial charge in [0.2, 0.25) is 5.91 Å². The van der Waals surface area contributed by atoms with Crippen molar-refractivity contribution < 1.29 is 19.1 Å². The van der Waals surface area contributed by atoms with E-state index >= 15 is 0 Å². The lowest BCUT2D eigenvalue weighted by Crippen LogP contribution is -2.44. The van der Waals surface area contributed by atoms with Gasteiger partial charge < -0.3 is 10.4 Å². The smallest absolute Gasteiger partial charge is 0.326 e. The van der Waals surface area contributed by atoms with Gasteiger partial charge in [-0.25, -0.2) is 9.18 Å². The number of carboxylic acids is 1. The SMILES string of the molecule is CC(C)[C@H](NC(=O)CCSc1ccc(F)cc1)C(=O)O. The molecule has 110 valence electrons. The highest BCUT2D eigenvalue weighted by molar-refractivity contribution is 7.99. The molecule has 0 spiro atoms. The first kappa shape index (κ1) is 16.5. The summed E-state index contributed by atoms with van der Waals surface area (Å²) in [6, 6.07) is 5.15. The topological polar surface area (TPSA) is 66.4 Å². The highest BCUT2D eigenvalue weighted by Gasteiger charge is 2.22. The Balaban J connectivity index is 2.36. The van der Waals surface area contributed by atoms with Crippen molar-refractivity contribution >= 4 is 23.6 Å². The largest absolute Gasteiger partial charge is 0.480 e. The maximum absolute atomic E-state index is 12.7. The normalized spacial score (nSPS) is 12.2. The second kappa shape index (κ2) is 7.89. The van der Waals surface area contributed by atoms with Gasteiger partial charge in [-0.3, -0.25) is 4.79 Å². The maximum Gasteiger partial charge on any atom is 0.326 e. The number of amides is 1. The molecule has 0 aromatic heterocycles. The standard InChI is InChI=1S/C14H18FNO3S/c1-9(2)13(14(18)19)16-12(17)7-8-20-11-5-3-10(15)4-6-11/h3-6,9,13H,7-8H2,1-2H3,(H,16,17)(H,18,19)/t13-/m0/s1. The van der Waals surface area contributed by atoms with Crippen LogP contribution in [0.4, 0.5) is 4.39 Å². The molecule has 1 aromatic carbocycles. The number of benzene rings is 1. The molecule has 0 bridgehead atoms. The average Bonchev–Trinajstić information content (AvgIpc) is 2.37. The summed E-state index contributed by atoms with van der Waals surface area (Å²) < 4.78 is 12.7. The van der Waals surface area contributed by atoms with Crippen molar-refractivity contribution in [3.8, 4) is 0 Å². The Morgan fingerprint density at radius 2 is 1.90 bits per heavy atom. The Bertz CT molecular complexity index is 462. The van der Waals surface area contributed by atoms with Crippen molar-refractivity contribution in [2.24, 2.45) is 5.92 Å². The molecule has 0 saturated heterocycles. The molecule has 4 nitrogen and oxygen atoms in total. The van der Waals surface area contributed by atoms with E-state index < -0.39 is 12.0 Å². The summed E-state index contributed by atoms with van der Waals surface area (Å²) in [7, 11) is 0. The molecule has 1 amide bonds. The number of hydrogen-bond acceptors (Lipinski definition) is 3. The number of carbonyl (C=O) groups excluding carboxylic acids is 1. The molecule has 0 aliphatic heterocycles. The second-order valence-electron chi connectivity index (χ2n) is 4.68. The Labute approximate surface area is 121 Å². The lowest BCUT2D eigenvalue weighted by Gasteiger charge is -2.17. The van der Waals surface area contributed by atoms with E-state index in [0.29, 0.717) is 5.75 Å². The van der Waals surface area contributed by atoms with Crippen LogP contribution in [0, 0.1) is 11.7 Å². The minimum atomic E-state index is -1.03. The van der Waals surface area contributed by atoms with Gasteiger partial charge in [-0.15, -0.1) is 11.8 Å². The fourth-order valence-corrected chi connectivity index (χ4v) is 2.40. The van der Waals surface area contributed by atoms with Gasteiger partial charge in [0.25, 0.3) is 0 Å². The van der Waals surface area contributed by atoms with E-state index in [1.54, 1.807) is 26.0 Å². The van der Waals surface area contributed by atoms with Gasteiger partial charge in [-0.2, -0.15) is 0 Å². The summed E-state index contributed by atoms with van der Waals surface area (Å²) in [5.74, 6) is -1.27. The Kier molecular flexibility index (Phi) is 6.51. The van der Waals surface area contributed by atoms with Crippen molar-refractivity contribution in [1.82, 2.24) is 5.32 Å². The zero-order valence-electron chi connectivity index (χ0n) is 11.4. The lowest BCUT2D eigenvalue weighted by atomic mass is 10.0. The quantitative estimate of drug-likeness (QED) is 0.759. The summed E-state index contributed by atoms with van der Waals surface area (Å²) in [5, 5.41) is 11.5. The van der Waals surface area contributed by atoms with Gasteiger partial charge in [-0.1, -0.05) is 13.8 Å². The monoisotopic (exact) mass is 299 g/mol. The van der Waals surface area contributed by atoms with Crippen LogP contribution in [0.3, 0.4) is 0 Å². The average molecular weight is 299 g/mol. The summed E-state index contributed by atoms with van der Waals surface area (Å²) in [5.41, 5.74) is 0. The molecule has 1 aromatic rings. The molecule has 0 fully saturated rings. The fraction of sp³-hybridized carbons (Fsp3) is 0.429. The van der Waals surface area contributed by atoms with Crippen LogP contribution >= 0.6 is 11.8 Å². The van der Waals surface area contributed by atoms with Crippen LogP contribution < -0.4 is 5.32 Å². The molecule has 6 heteroatoms. The third kappa shape index (κ3) is 5.61. The lowest BCUT2D eigenvalue weighted by molar-refractivity contribution is -0.143. The van der Waals surface area contributed by atoms with Crippen LogP contribution in [0.25, 0.3) is 0 Å². The molecule has 1 rings (SSSR count). The maximum atomic E-state index is 12.7. The van der Waals surface area contributed by atoms with Crippen LogP contribution in [0.1, 0.15) is 20.3 Å². The van der Waals surface area contributed by atoms with E-state index in [4.69, 9.17) is 5.11 Å². The fourth-order valence-electron chi connectivity index (χ4n) is 1.55. The molecule has 0 heterocycles. The number of thioether (sulfide) groups is 1. The Morgan fingerprint density at radius 1 is 1.30 bits per heavy atom. The molecular formula is C14H18FNO3S. The minimum Gasteiger partial charge on any atom is -0.480 e. The van der Waals surface area contributed by atoms with E-state index in [1.807, 2.05) is 0 Å². The Hall–Kier alpha value is -1.56. The first-order valence-corrected chi connectivity index (χ1v) is 7.29. The summed E-state index contributed by atoms with van der Waals surface area (Å²) in [4.78, 5) is 23.5. The highest BCUT2D eigenvalue weighted by atomic mass is 32.2. The first-order valence-electron chi connectivity index (χ1n) is 6.30. The highest BCUT2D eigenvalue weighted by Crippen LogP contribution is 2.18. The van der Waals surface area contributed by atoms with E-state index in [0.717, 1.165) is 4.90 Å². The van der Waals surface area contributed by atoms with Gasteiger partial charge >= 0.3 is 5.97 Å². The first-order chi connectivity index (χ1) is 9.40. The number of halogens is 1. The van der Waals surface area contributed by atoms with Crippen LogP contribution in [-0.2, 0) is 9.59 Å². The molecule has 0 saturated carbocycles.